The number of unbranched alkanes of at least 4 members (excludes halogenated alkanes) is 19. The number of amides is 1. The lowest BCUT2D eigenvalue weighted by Crippen LogP contribution is -2.61. The molecule has 0 spiro atoms. The molecule has 6 N–H and O–H groups in total. The average molecular weight is 1180 g/mol. The quantitative estimate of drug-likeness (QED) is 0.0195. The standard InChI is InChI=1S/C74H121NO10/c1-4-7-10-13-16-19-22-24-26-28-30-31-32-33-34-35-36-38-39-41-43-46-49-52-55-58-61-67(78)73(82)75-65(66(77)60-57-54-51-48-45-21-18-15-12-9-6-3)64-83-74-72(71(81)70(80)68(63-76)84-74)85-69(79)62-59-56-53-50-47-44-42-40-37-29-27-25-23-20-17-14-11-8-5-2/h7-8,10-11,16-17,19-20,24-27,30-31,33-34,37,40,44,47,53,56-57,60,65-68,70-72,74,76-78,80-81H,4-6,9,12-15,18,21-23,28-29,32,35-36,38-39,41-43,45-46,48-52,54-55,58-59,61-64H2,1-3H3,(H,75,82)/b10-7-,11-8-,19-16-,20-17-,26-24-,27-25-,31-30-,34-33-,40-37-,47-44-,56-53-,60-57+. The van der Waals surface area contributed by atoms with Crippen LogP contribution in [-0.4, -0.2) is 99.6 Å². The van der Waals surface area contributed by atoms with Crippen molar-refractivity contribution in [3.05, 3.63) is 146 Å². The second kappa shape index (κ2) is 59.9. The van der Waals surface area contributed by atoms with Gasteiger partial charge in [0.25, 0.3) is 0 Å². The Hall–Kier alpha value is -4.46. The van der Waals surface area contributed by atoms with Crippen LogP contribution in [0, 0.1) is 0 Å². The minimum absolute atomic E-state index is 0.00934. The SMILES string of the molecule is CC/C=C\C/C=C\C/C=C\C/C=C\C/C=C\C/C=C\CCC(=O)OC1C(OCC(NC(=O)C(O)CCCCCCCCCCCC/C=C\C/C=C\C/C=C\C/C=C\C/C=C\CC)C(O)/C=C/CCCCCCCCCCC)OC(CO)C(O)C1O. The minimum Gasteiger partial charge on any atom is -0.454 e. The molecule has 1 aliphatic rings. The van der Waals surface area contributed by atoms with Crippen LogP contribution in [-0.2, 0) is 23.8 Å². The van der Waals surface area contributed by atoms with E-state index in [0.29, 0.717) is 19.3 Å². The van der Waals surface area contributed by atoms with Gasteiger partial charge < -0.3 is 45.1 Å². The molecule has 85 heavy (non-hydrogen) atoms. The van der Waals surface area contributed by atoms with Gasteiger partial charge in [-0.15, -0.1) is 0 Å². The fourth-order valence-corrected chi connectivity index (χ4v) is 9.53. The number of carbonyl (C=O) groups excluding carboxylic acids is 2. The van der Waals surface area contributed by atoms with Crippen LogP contribution in [0.3, 0.4) is 0 Å². The number of aliphatic hydroxyl groups excluding tert-OH is 5. The van der Waals surface area contributed by atoms with Crippen molar-refractivity contribution in [3.8, 4) is 0 Å². The van der Waals surface area contributed by atoms with Crippen molar-refractivity contribution >= 4 is 11.9 Å². The number of hydrogen-bond acceptors (Lipinski definition) is 10. The summed E-state index contributed by atoms with van der Waals surface area (Å²) >= 11 is 0. The number of rotatable bonds is 55. The van der Waals surface area contributed by atoms with E-state index in [1.165, 1.54) is 77.0 Å². The Morgan fingerprint density at radius 1 is 0.471 bits per heavy atom. The first-order chi connectivity index (χ1) is 41.7. The number of carbonyl (C=O) groups is 2. The van der Waals surface area contributed by atoms with Gasteiger partial charge >= 0.3 is 5.97 Å². The third-order valence-corrected chi connectivity index (χ3v) is 14.7. The minimum atomic E-state index is -1.65. The van der Waals surface area contributed by atoms with Gasteiger partial charge in [-0.3, -0.25) is 9.59 Å². The van der Waals surface area contributed by atoms with Gasteiger partial charge in [-0.05, 0) is 109 Å². The van der Waals surface area contributed by atoms with Crippen molar-refractivity contribution in [2.75, 3.05) is 13.2 Å². The summed E-state index contributed by atoms with van der Waals surface area (Å²) in [6, 6.07) is -1.05. The topological polar surface area (TPSA) is 175 Å². The van der Waals surface area contributed by atoms with Crippen molar-refractivity contribution in [1.29, 1.82) is 0 Å². The van der Waals surface area contributed by atoms with Crippen LogP contribution in [0.15, 0.2) is 146 Å². The van der Waals surface area contributed by atoms with E-state index in [9.17, 15) is 35.1 Å². The average Bonchev–Trinajstić information content (AvgIpc) is 2.90. The normalized spacial score (nSPS) is 19.4. The van der Waals surface area contributed by atoms with E-state index >= 15 is 0 Å². The molecule has 0 bridgehead atoms. The number of allylic oxidation sites excluding steroid dienone is 23. The fourth-order valence-electron chi connectivity index (χ4n) is 9.53. The van der Waals surface area contributed by atoms with Gasteiger partial charge in [0, 0.05) is 6.42 Å². The molecule has 1 amide bonds. The summed E-state index contributed by atoms with van der Waals surface area (Å²) in [7, 11) is 0. The molecule has 0 aromatic rings. The molecule has 0 aromatic heterocycles. The third kappa shape index (κ3) is 47.3. The van der Waals surface area contributed by atoms with Gasteiger partial charge in [0.2, 0.25) is 5.91 Å². The Labute approximate surface area is 517 Å². The number of hydrogen-bond donors (Lipinski definition) is 6. The Kier molecular flexibility index (Phi) is 55.3. The number of nitrogens with one attached hydrogen (secondary N) is 1. The van der Waals surface area contributed by atoms with E-state index in [1.807, 2.05) is 18.2 Å². The zero-order valence-electron chi connectivity index (χ0n) is 53.4. The molecule has 11 heteroatoms. The summed E-state index contributed by atoms with van der Waals surface area (Å²) in [5, 5.41) is 57.1. The highest BCUT2D eigenvalue weighted by atomic mass is 16.7. The van der Waals surface area contributed by atoms with Crippen molar-refractivity contribution in [2.24, 2.45) is 0 Å². The van der Waals surface area contributed by atoms with Crippen molar-refractivity contribution in [3.63, 3.8) is 0 Å². The lowest BCUT2D eigenvalue weighted by Gasteiger charge is -2.41. The predicted molar refractivity (Wildman–Crippen MR) is 356 cm³/mol. The second-order valence-corrected chi connectivity index (χ2v) is 22.4. The lowest BCUT2D eigenvalue weighted by molar-refractivity contribution is -0.305. The molecule has 1 fully saturated rings. The predicted octanol–water partition coefficient (Wildman–Crippen LogP) is 16.9. The van der Waals surface area contributed by atoms with Gasteiger partial charge in [-0.1, -0.05) is 276 Å². The van der Waals surface area contributed by atoms with Crippen LogP contribution in [0.1, 0.15) is 245 Å². The van der Waals surface area contributed by atoms with Gasteiger partial charge in [0.05, 0.1) is 25.4 Å². The van der Waals surface area contributed by atoms with Crippen molar-refractivity contribution in [1.82, 2.24) is 5.32 Å². The van der Waals surface area contributed by atoms with E-state index in [1.54, 1.807) is 6.08 Å². The highest BCUT2D eigenvalue weighted by Crippen LogP contribution is 2.26. The Morgan fingerprint density at radius 3 is 1.27 bits per heavy atom. The summed E-state index contributed by atoms with van der Waals surface area (Å²) in [6.45, 7) is 5.51. The van der Waals surface area contributed by atoms with Crippen molar-refractivity contribution < 1.29 is 49.3 Å². The molecule has 8 unspecified atom stereocenters. The Bertz CT molecular complexity index is 1940. The molecule has 1 saturated heterocycles. The maximum atomic E-state index is 13.5. The van der Waals surface area contributed by atoms with E-state index in [-0.39, 0.29) is 19.4 Å². The van der Waals surface area contributed by atoms with E-state index < -0.39 is 67.4 Å². The first-order valence-electron chi connectivity index (χ1n) is 33.6. The second-order valence-electron chi connectivity index (χ2n) is 22.4. The summed E-state index contributed by atoms with van der Waals surface area (Å²) in [5.41, 5.74) is 0. The molecule has 0 aromatic carbocycles. The molecule has 1 rings (SSSR count). The maximum Gasteiger partial charge on any atom is 0.306 e. The number of ether oxygens (including phenoxy) is 3. The van der Waals surface area contributed by atoms with Crippen LogP contribution in [0.4, 0.5) is 0 Å². The zero-order valence-corrected chi connectivity index (χ0v) is 53.4. The Balaban J connectivity index is 2.63. The number of aliphatic hydroxyl groups is 5. The number of esters is 1. The smallest absolute Gasteiger partial charge is 0.306 e. The van der Waals surface area contributed by atoms with E-state index in [4.69, 9.17) is 14.2 Å². The van der Waals surface area contributed by atoms with Crippen molar-refractivity contribution in [2.45, 2.75) is 294 Å². The molecular weight excluding hydrogens is 1060 g/mol. The zero-order chi connectivity index (χ0) is 61.7. The molecule has 1 aliphatic heterocycles. The van der Waals surface area contributed by atoms with Crippen LogP contribution < -0.4 is 5.32 Å². The van der Waals surface area contributed by atoms with Gasteiger partial charge in [0.15, 0.2) is 12.4 Å². The monoisotopic (exact) mass is 1180 g/mol. The highest BCUT2D eigenvalue weighted by Gasteiger charge is 2.47. The third-order valence-electron chi connectivity index (χ3n) is 14.7. The van der Waals surface area contributed by atoms with Crippen LogP contribution in [0.5, 0.6) is 0 Å². The fraction of sp³-hybridized carbons (Fsp3) is 0.649. The molecular formula is C74H121NO10. The maximum absolute atomic E-state index is 13.5. The first-order valence-corrected chi connectivity index (χ1v) is 33.6. The Morgan fingerprint density at radius 2 is 0.847 bits per heavy atom. The molecule has 8 atom stereocenters. The summed E-state index contributed by atoms with van der Waals surface area (Å²) in [6.07, 6.45) is 76.1. The van der Waals surface area contributed by atoms with E-state index in [0.717, 1.165) is 116 Å². The van der Waals surface area contributed by atoms with Gasteiger partial charge in [-0.25, -0.2) is 0 Å². The molecule has 0 radical (unpaired) electrons. The lowest BCUT2D eigenvalue weighted by atomic mass is 9.99. The first kappa shape index (κ1) is 78.6. The highest BCUT2D eigenvalue weighted by molar-refractivity contribution is 5.80. The van der Waals surface area contributed by atoms with E-state index in [2.05, 4.69) is 148 Å². The molecule has 1 heterocycles. The molecule has 0 saturated carbocycles. The summed E-state index contributed by atoms with van der Waals surface area (Å²) in [5.74, 6) is -1.30. The molecule has 11 nitrogen and oxygen atoms in total. The van der Waals surface area contributed by atoms with Gasteiger partial charge in [-0.2, -0.15) is 0 Å². The van der Waals surface area contributed by atoms with Crippen LogP contribution >= 0.6 is 0 Å². The van der Waals surface area contributed by atoms with Gasteiger partial charge in [0.1, 0.15) is 24.4 Å². The largest absolute Gasteiger partial charge is 0.454 e. The summed E-state index contributed by atoms with van der Waals surface area (Å²) < 4.78 is 17.6. The molecule has 482 valence electrons. The molecule has 0 aliphatic carbocycles. The summed E-state index contributed by atoms with van der Waals surface area (Å²) in [4.78, 5) is 26.6. The van der Waals surface area contributed by atoms with Crippen LogP contribution in [0.25, 0.3) is 0 Å². The van der Waals surface area contributed by atoms with Crippen LogP contribution in [0.2, 0.25) is 0 Å².